The van der Waals surface area contributed by atoms with E-state index in [9.17, 15) is 9.59 Å². The molecule has 2 aliphatic rings. The molecule has 2 heterocycles. The smallest absolute Gasteiger partial charge is 0.332 e. The zero-order valence-electron chi connectivity index (χ0n) is 12.7. The minimum Gasteiger partial charge on any atom is -0.462 e. The lowest BCUT2D eigenvalue weighted by Gasteiger charge is -2.18. The van der Waals surface area contributed by atoms with Crippen molar-refractivity contribution >= 4 is 11.9 Å². The molecule has 4 heteroatoms. The van der Waals surface area contributed by atoms with Gasteiger partial charge in [0, 0.05) is 24.7 Å². The van der Waals surface area contributed by atoms with Crippen LogP contribution in [-0.4, -0.2) is 29.9 Å². The average molecular weight is 299 g/mol. The maximum absolute atomic E-state index is 12.7. The molecule has 1 aromatic carbocycles. The van der Waals surface area contributed by atoms with E-state index in [0.29, 0.717) is 19.6 Å². The summed E-state index contributed by atoms with van der Waals surface area (Å²) in [5.41, 5.74) is 1.81. The van der Waals surface area contributed by atoms with E-state index >= 15 is 0 Å². The number of allylic oxidation sites excluding steroid dienone is 1. The van der Waals surface area contributed by atoms with Crippen molar-refractivity contribution in [3.05, 3.63) is 47.7 Å². The number of benzene rings is 1. The summed E-state index contributed by atoms with van der Waals surface area (Å²) in [6.07, 6.45) is 6.05. The van der Waals surface area contributed by atoms with Gasteiger partial charge in [-0.1, -0.05) is 36.8 Å². The minimum absolute atomic E-state index is 0.101. The lowest BCUT2D eigenvalue weighted by Crippen LogP contribution is -2.27. The Hall–Kier alpha value is -2.10. The second-order valence-electron chi connectivity index (χ2n) is 5.87. The van der Waals surface area contributed by atoms with Crippen LogP contribution in [0.25, 0.3) is 0 Å². The lowest BCUT2D eigenvalue weighted by atomic mass is 9.97. The van der Waals surface area contributed by atoms with Gasteiger partial charge < -0.3 is 9.64 Å². The topological polar surface area (TPSA) is 46.6 Å². The summed E-state index contributed by atoms with van der Waals surface area (Å²) in [5, 5.41) is 0. The van der Waals surface area contributed by atoms with Gasteiger partial charge in [0.25, 0.3) is 0 Å². The fourth-order valence-electron chi connectivity index (χ4n) is 3.15. The number of nitrogens with zero attached hydrogens (tertiary/aromatic N) is 1. The first-order chi connectivity index (χ1) is 10.8. The summed E-state index contributed by atoms with van der Waals surface area (Å²) in [6, 6.07) is 9.79. The Balaban J connectivity index is 1.86. The fourth-order valence-corrected chi connectivity index (χ4v) is 3.15. The molecule has 1 saturated heterocycles. The molecule has 0 aromatic heterocycles. The lowest BCUT2D eigenvalue weighted by molar-refractivity contribution is -0.137. The number of ether oxygens (including phenoxy) is 1. The first kappa shape index (κ1) is 14.8. The van der Waals surface area contributed by atoms with Gasteiger partial charge in [0.15, 0.2) is 0 Å². The van der Waals surface area contributed by atoms with Crippen LogP contribution in [0.15, 0.2) is 42.1 Å². The Labute approximate surface area is 130 Å². The van der Waals surface area contributed by atoms with Gasteiger partial charge in [0.05, 0.1) is 12.5 Å². The van der Waals surface area contributed by atoms with Crippen molar-refractivity contribution in [2.45, 2.75) is 38.0 Å². The van der Waals surface area contributed by atoms with Gasteiger partial charge in [-0.25, -0.2) is 4.79 Å². The highest BCUT2D eigenvalue weighted by Gasteiger charge is 2.36. The average Bonchev–Trinajstić information content (AvgIpc) is 2.81. The minimum atomic E-state index is -0.330. The maximum Gasteiger partial charge on any atom is 0.332 e. The fraction of sp³-hybridized carbons (Fsp3) is 0.444. The third-order valence-corrected chi connectivity index (χ3v) is 4.33. The molecule has 2 aliphatic heterocycles. The zero-order valence-corrected chi connectivity index (χ0v) is 12.7. The Morgan fingerprint density at radius 2 is 1.77 bits per heavy atom. The molecule has 4 nitrogen and oxygen atoms in total. The quantitative estimate of drug-likeness (QED) is 0.749. The normalized spacial score (nSPS) is 25.7. The molecule has 1 aromatic rings. The van der Waals surface area contributed by atoms with Gasteiger partial charge in [-0.05, 0) is 24.8 Å². The predicted molar refractivity (Wildman–Crippen MR) is 83.0 cm³/mol. The highest BCUT2D eigenvalue weighted by Crippen LogP contribution is 2.35. The summed E-state index contributed by atoms with van der Waals surface area (Å²) in [4.78, 5) is 26.4. The largest absolute Gasteiger partial charge is 0.462 e. The van der Waals surface area contributed by atoms with E-state index in [1.54, 1.807) is 4.90 Å². The molecule has 0 N–H and O–H groups in total. The van der Waals surface area contributed by atoms with Crippen molar-refractivity contribution in [3.63, 3.8) is 0 Å². The maximum atomic E-state index is 12.7. The van der Waals surface area contributed by atoms with E-state index in [-0.39, 0.29) is 17.8 Å². The van der Waals surface area contributed by atoms with Crippen molar-refractivity contribution in [1.82, 2.24) is 4.90 Å². The zero-order chi connectivity index (χ0) is 15.4. The van der Waals surface area contributed by atoms with Crippen molar-refractivity contribution in [2.75, 3.05) is 13.2 Å². The van der Waals surface area contributed by atoms with Crippen LogP contribution >= 0.6 is 0 Å². The van der Waals surface area contributed by atoms with Crippen LogP contribution in [0.3, 0.4) is 0 Å². The van der Waals surface area contributed by atoms with E-state index in [4.69, 9.17) is 4.74 Å². The van der Waals surface area contributed by atoms with Crippen molar-refractivity contribution in [3.8, 4) is 0 Å². The predicted octanol–water partition coefficient (Wildman–Crippen LogP) is 3.00. The third-order valence-electron chi connectivity index (χ3n) is 4.33. The Morgan fingerprint density at radius 3 is 2.59 bits per heavy atom. The van der Waals surface area contributed by atoms with Crippen molar-refractivity contribution in [1.29, 1.82) is 0 Å². The van der Waals surface area contributed by atoms with Crippen LogP contribution in [0, 0.1) is 0 Å². The first-order valence-electron chi connectivity index (χ1n) is 7.99. The SMILES string of the molecule is O=C1/C=C2/CC(c3ccccc3)C(=O)N2CCCCCCO1. The van der Waals surface area contributed by atoms with Gasteiger partial charge in [0.1, 0.15) is 0 Å². The Kier molecular flexibility index (Phi) is 4.56. The van der Waals surface area contributed by atoms with Gasteiger partial charge >= 0.3 is 5.97 Å². The monoisotopic (exact) mass is 299 g/mol. The Morgan fingerprint density at radius 1 is 1.00 bits per heavy atom. The molecule has 1 fully saturated rings. The van der Waals surface area contributed by atoms with Crippen LogP contribution in [0.4, 0.5) is 0 Å². The first-order valence-corrected chi connectivity index (χ1v) is 7.99. The van der Waals surface area contributed by atoms with E-state index in [1.807, 2.05) is 30.3 Å². The molecule has 22 heavy (non-hydrogen) atoms. The van der Waals surface area contributed by atoms with Crippen molar-refractivity contribution < 1.29 is 14.3 Å². The highest BCUT2D eigenvalue weighted by atomic mass is 16.5. The van der Waals surface area contributed by atoms with Crippen LogP contribution in [0.2, 0.25) is 0 Å². The molecule has 0 bridgehead atoms. The summed E-state index contributed by atoms with van der Waals surface area (Å²) >= 11 is 0. The number of amides is 1. The molecule has 0 aliphatic carbocycles. The number of hydrogen-bond acceptors (Lipinski definition) is 3. The van der Waals surface area contributed by atoms with Crippen LogP contribution in [0.5, 0.6) is 0 Å². The second-order valence-corrected chi connectivity index (χ2v) is 5.87. The van der Waals surface area contributed by atoms with Gasteiger partial charge in [0.2, 0.25) is 5.91 Å². The molecule has 1 unspecified atom stereocenters. The number of rotatable bonds is 1. The van der Waals surface area contributed by atoms with Gasteiger partial charge in [-0.2, -0.15) is 0 Å². The van der Waals surface area contributed by atoms with E-state index < -0.39 is 0 Å². The molecule has 3 rings (SSSR count). The van der Waals surface area contributed by atoms with Crippen LogP contribution in [0.1, 0.15) is 43.6 Å². The number of hydrogen-bond donors (Lipinski definition) is 0. The van der Waals surface area contributed by atoms with Crippen molar-refractivity contribution in [2.24, 2.45) is 0 Å². The third kappa shape index (κ3) is 3.21. The van der Waals surface area contributed by atoms with Crippen LogP contribution < -0.4 is 0 Å². The number of cyclic esters (lactones) is 1. The summed E-state index contributed by atoms with van der Waals surface area (Å²) < 4.78 is 5.21. The summed E-state index contributed by atoms with van der Waals surface area (Å²) in [5.74, 6) is -0.406. The molecule has 1 amide bonds. The molecular formula is C18H21NO3. The highest BCUT2D eigenvalue weighted by molar-refractivity contribution is 5.91. The van der Waals surface area contributed by atoms with E-state index in [1.165, 1.54) is 6.08 Å². The molecule has 116 valence electrons. The van der Waals surface area contributed by atoms with Gasteiger partial charge in [-0.3, -0.25) is 4.79 Å². The molecular weight excluding hydrogens is 278 g/mol. The summed E-state index contributed by atoms with van der Waals surface area (Å²) in [7, 11) is 0. The number of carbonyl (C=O) groups is 2. The number of fused-ring (bicyclic) bond motifs is 1. The van der Waals surface area contributed by atoms with Crippen LogP contribution in [-0.2, 0) is 14.3 Å². The standard InChI is InChI=1S/C18H21NO3/c20-17-13-15-12-16(14-8-4-3-5-9-14)18(21)19(15)10-6-1-2-7-11-22-17/h3-5,8-9,13,16H,1-2,6-7,10-12H2/b15-13-. The molecule has 0 spiro atoms. The number of esters is 1. The van der Waals surface area contributed by atoms with Gasteiger partial charge in [-0.15, -0.1) is 0 Å². The number of carbonyl (C=O) groups excluding carboxylic acids is 2. The Bertz CT molecular complexity index is 579. The molecule has 0 saturated carbocycles. The molecule has 1 atom stereocenters. The van der Waals surface area contributed by atoms with E-state index in [0.717, 1.165) is 36.9 Å². The van der Waals surface area contributed by atoms with E-state index in [2.05, 4.69) is 0 Å². The summed E-state index contributed by atoms with van der Waals surface area (Å²) in [6.45, 7) is 1.17. The second kappa shape index (κ2) is 6.77. The molecule has 0 radical (unpaired) electrons.